The van der Waals surface area contributed by atoms with Gasteiger partial charge in [0.2, 0.25) is 0 Å². The summed E-state index contributed by atoms with van der Waals surface area (Å²) in [6.07, 6.45) is -0.320. The molecule has 0 saturated carbocycles. The molecule has 1 fully saturated rings. The van der Waals surface area contributed by atoms with Gasteiger partial charge in [-0.1, -0.05) is 29.8 Å². The summed E-state index contributed by atoms with van der Waals surface area (Å²) in [6.45, 7) is 4.21. The molecule has 1 aromatic rings. The fraction of sp³-hybridized carbons (Fsp3) is 0.500. The second-order valence-electron chi connectivity index (χ2n) is 5.17. The first-order valence-electron chi connectivity index (χ1n) is 7.56. The Morgan fingerprint density at radius 3 is 2.43 bits per heavy atom. The van der Waals surface area contributed by atoms with Crippen LogP contribution in [-0.2, 0) is 14.3 Å². The molecule has 0 aromatic heterocycles. The number of methoxy groups -OCH3 is 1. The number of piperazine rings is 1. The minimum absolute atomic E-state index is 0.320. The van der Waals surface area contributed by atoms with Gasteiger partial charge in [0.1, 0.15) is 6.04 Å². The van der Waals surface area contributed by atoms with E-state index in [1.807, 2.05) is 23.1 Å². The second-order valence-corrected chi connectivity index (χ2v) is 5.58. The molecule has 0 radical (unpaired) electrons. The minimum atomic E-state index is -0.571. The van der Waals surface area contributed by atoms with Crippen LogP contribution in [0.2, 0.25) is 5.02 Å². The third-order valence-corrected chi connectivity index (χ3v) is 4.17. The lowest BCUT2D eigenvalue weighted by Gasteiger charge is -2.37. The molecule has 0 aliphatic carbocycles. The average Bonchev–Trinajstić information content (AvgIpc) is 2.57. The maximum atomic E-state index is 12.3. The molecule has 2 rings (SSSR count). The number of nitrogens with zero attached hydrogens (tertiary/aromatic N) is 2. The summed E-state index contributed by atoms with van der Waals surface area (Å²) in [7, 11) is 1.36. The lowest BCUT2D eigenvalue weighted by molar-refractivity contribution is -0.148. The van der Waals surface area contributed by atoms with E-state index in [1.54, 1.807) is 17.9 Å². The van der Waals surface area contributed by atoms with Gasteiger partial charge < -0.3 is 14.4 Å². The Labute approximate surface area is 140 Å². The van der Waals surface area contributed by atoms with Crippen LogP contribution in [0.15, 0.2) is 24.3 Å². The molecule has 126 valence electrons. The van der Waals surface area contributed by atoms with Crippen molar-refractivity contribution in [1.82, 2.24) is 9.80 Å². The van der Waals surface area contributed by atoms with E-state index in [0.717, 1.165) is 0 Å². The summed E-state index contributed by atoms with van der Waals surface area (Å²) < 4.78 is 9.95. The van der Waals surface area contributed by atoms with Crippen molar-refractivity contribution in [2.45, 2.75) is 13.0 Å². The number of esters is 1. The molecular weight excluding hydrogens is 320 g/mol. The van der Waals surface area contributed by atoms with Crippen molar-refractivity contribution in [1.29, 1.82) is 0 Å². The Bertz CT molecular complexity index is 559. The van der Waals surface area contributed by atoms with Gasteiger partial charge in [-0.05, 0) is 18.6 Å². The molecule has 0 spiro atoms. The van der Waals surface area contributed by atoms with Crippen LogP contribution in [0.5, 0.6) is 0 Å². The number of rotatable bonds is 4. The molecule has 1 aliphatic rings. The summed E-state index contributed by atoms with van der Waals surface area (Å²) in [5.41, 5.74) is 0.714. The molecule has 6 nitrogen and oxygen atoms in total. The van der Waals surface area contributed by atoms with Crippen LogP contribution >= 0.6 is 11.6 Å². The summed E-state index contributed by atoms with van der Waals surface area (Å²) in [5.74, 6) is -0.359. The van der Waals surface area contributed by atoms with Crippen LogP contribution < -0.4 is 0 Å². The number of carbonyl (C=O) groups is 2. The average molecular weight is 341 g/mol. The van der Waals surface area contributed by atoms with Crippen molar-refractivity contribution in [2.75, 3.05) is 39.9 Å². The molecule has 23 heavy (non-hydrogen) atoms. The first-order chi connectivity index (χ1) is 11.1. The second kappa shape index (κ2) is 8.17. The number of carbonyl (C=O) groups excluding carboxylic acids is 2. The number of hydrogen-bond acceptors (Lipinski definition) is 5. The molecule has 1 unspecified atom stereocenters. The predicted octanol–water partition coefficient (Wildman–Crippen LogP) is 2.33. The topological polar surface area (TPSA) is 59.1 Å². The number of hydrogen-bond donors (Lipinski definition) is 0. The molecule has 1 aromatic carbocycles. The van der Waals surface area contributed by atoms with E-state index in [0.29, 0.717) is 43.4 Å². The van der Waals surface area contributed by atoms with Crippen LogP contribution in [0.1, 0.15) is 18.5 Å². The van der Waals surface area contributed by atoms with E-state index in [-0.39, 0.29) is 12.1 Å². The molecule has 1 heterocycles. The maximum Gasteiger partial charge on any atom is 0.409 e. The third kappa shape index (κ3) is 4.14. The van der Waals surface area contributed by atoms with Gasteiger partial charge in [-0.15, -0.1) is 0 Å². The Hall–Kier alpha value is -1.79. The van der Waals surface area contributed by atoms with Crippen molar-refractivity contribution in [3.8, 4) is 0 Å². The van der Waals surface area contributed by atoms with Gasteiger partial charge >= 0.3 is 12.1 Å². The number of halogens is 1. The van der Waals surface area contributed by atoms with E-state index < -0.39 is 6.04 Å². The van der Waals surface area contributed by atoms with Crippen molar-refractivity contribution in [3.63, 3.8) is 0 Å². The van der Waals surface area contributed by atoms with Crippen molar-refractivity contribution in [2.24, 2.45) is 0 Å². The molecule has 1 saturated heterocycles. The zero-order valence-corrected chi connectivity index (χ0v) is 14.1. The van der Waals surface area contributed by atoms with E-state index >= 15 is 0 Å². The highest BCUT2D eigenvalue weighted by Crippen LogP contribution is 2.29. The van der Waals surface area contributed by atoms with Gasteiger partial charge in [0.25, 0.3) is 0 Å². The standard InChI is InChI=1S/C16H21ClN2O4/c1-3-23-16(21)19-10-8-18(9-11-19)14(15(20)22-2)12-6-4-5-7-13(12)17/h4-7,14H,3,8-11H2,1-2H3. The Kier molecular flexibility index (Phi) is 6.24. The smallest absolute Gasteiger partial charge is 0.409 e. The van der Waals surface area contributed by atoms with Crippen LogP contribution in [0.25, 0.3) is 0 Å². The van der Waals surface area contributed by atoms with Gasteiger partial charge in [0.15, 0.2) is 0 Å². The molecule has 7 heteroatoms. The lowest BCUT2D eigenvalue weighted by Crippen LogP contribution is -2.51. The number of ether oxygens (including phenoxy) is 2. The number of benzene rings is 1. The molecule has 0 N–H and O–H groups in total. The molecular formula is C16H21ClN2O4. The zero-order chi connectivity index (χ0) is 16.8. The highest BCUT2D eigenvalue weighted by Gasteiger charge is 2.33. The highest BCUT2D eigenvalue weighted by atomic mass is 35.5. The fourth-order valence-electron chi connectivity index (χ4n) is 2.66. The van der Waals surface area contributed by atoms with Crippen molar-refractivity contribution in [3.05, 3.63) is 34.9 Å². The summed E-state index contributed by atoms with van der Waals surface area (Å²) >= 11 is 6.24. The fourth-order valence-corrected chi connectivity index (χ4v) is 2.90. The van der Waals surface area contributed by atoms with Gasteiger partial charge in [-0.25, -0.2) is 9.59 Å². The van der Waals surface area contributed by atoms with Crippen molar-refractivity contribution < 1.29 is 19.1 Å². The van der Waals surface area contributed by atoms with Crippen LogP contribution in [0.3, 0.4) is 0 Å². The van der Waals surface area contributed by atoms with Crippen LogP contribution in [0.4, 0.5) is 4.79 Å². The number of amides is 1. The van der Waals surface area contributed by atoms with Gasteiger partial charge in [0.05, 0.1) is 13.7 Å². The quantitative estimate of drug-likeness (QED) is 0.787. The Morgan fingerprint density at radius 1 is 1.22 bits per heavy atom. The maximum absolute atomic E-state index is 12.3. The molecule has 1 amide bonds. The summed E-state index contributed by atoms with van der Waals surface area (Å²) in [4.78, 5) is 27.6. The highest BCUT2D eigenvalue weighted by molar-refractivity contribution is 6.31. The molecule has 1 atom stereocenters. The molecule has 0 bridgehead atoms. The minimum Gasteiger partial charge on any atom is -0.468 e. The first-order valence-corrected chi connectivity index (χ1v) is 7.94. The van der Waals surface area contributed by atoms with Gasteiger partial charge in [-0.2, -0.15) is 0 Å². The SMILES string of the molecule is CCOC(=O)N1CCN(C(C(=O)OC)c2ccccc2Cl)CC1. The Balaban J connectivity index is 2.12. The molecule has 1 aliphatic heterocycles. The first kappa shape index (κ1) is 17.6. The summed E-state index contributed by atoms with van der Waals surface area (Å²) in [5, 5.41) is 0.524. The van der Waals surface area contributed by atoms with E-state index in [9.17, 15) is 9.59 Å². The van der Waals surface area contributed by atoms with E-state index in [4.69, 9.17) is 21.1 Å². The normalized spacial score (nSPS) is 16.7. The van der Waals surface area contributed by atoms with Crippen LogP contribution in [-0.4, -0.2) is 61.8 Å². The van der Waals surface area contributed by atoms with E-state index in [1.165, 1.54) is 7.11 Å². The third-order valence-electron chi connectivity index (χ3n) is 3.83. The lowest BCUT2D eigenvalue weighted by atomic mass is 10.0. The van der Waals surface area contributed by atoms with Gasteiger partial charge in [0, 0.05) is 31.2 Å². The van der Waals surface area contributed by atoms with Crippen LogP contribution in [0, 0.1) is 0 Å². The monoisotopic (exact) mass is 340 g/mol. The zero-order valence-electron chi connectivity index (χ0n) is 13.3. The summed E-state index contributed by atoms with van der Waals surface area (Å²) in [6, 6.07) is 6.66. The Morgan fingerprint density at radius 2 is 1.87 bits per heavy atom. The predicted molar refractivity (Wildman–Crippen MR) is 86.4 cm³/mol. The van der Waals surface area contributed by atoms with Crippen molar-refractivity contribution >= 4 is 23.7 Å². The van der Waals surface area contributed by atoms with E-state index in [2.05, 4.69) is 0 Å². The largest absolute Gasteiger partial charge is 0.468 e. The van der Waals surface area contributed by atoms with Gasteiger partial charge in [-0.3, -0.25) is 4.90 Å².